The lowest BCUT2D eigenvalue weighted by atomic mass is 10.1. The SMILES string of the molecule is O=C(O)CNC(=O)/C(C(=O)NCc1ccccc1)=C(\O)Nc1cccc(C(F)(F)F)c1. The second-order valence-corrected chi connectivity index (χ2v) is 6.17. The Morgan fingerprint density at radius 3 is 2.13 bits per heavy atom. The summed E-state index contributed by atoms with van der Waals surface area (Å²) in [5.41, 5.74) is -1.48. The van der Waals surface area contributed by atoms with Crippen LogP contribution in [0.4, 0.5) is 18.9 Å². The van der Waals surface area contributed by atoms with E-state index in [0.29, 0.717) is 11.6 Å². The van der Waals surface area contributed by atoms with Gasteiger partial charge in [0.2, 0.25) is 5.88 Å². The van der Waals surface area contributed by atoms with E-state index in [9.17, 15) is 32.7 Å². The molecule has 0 aliphatic heterocycles. The Morgan fingerprint density at radius 1 is 0.871 bits per heavy atom. The molecule has 11 heteroatoms. The molecular formula is C20H18F3N3O5. The third-order valence-electron chi connectivity index (χ3n) is 3.84. The molecule has 0 aliphatic carbocycles. The highest BCUT2D eigenvalue weighted by Gasteiger charge is 2.31. The summed E-state index contributed by atoms with van der Waals surface area (Å²) in [6.45, 7) is -0.864. The fourth-order valence-corrected chi connectivity index (χ4v) is 2.40. The summed E-state index contributed by atoms with van der Waals surface area (Å²) in [6.07, 6.45) is -4.65. The quantitative estimate of drug-likeness (QED) is 0.187. The predicted molar refractivity (Wildman–Crippen MR) is 104 cm³/mol. The molecule has 0 aromatic heterocycles. The molecule has 164 valence electrons. The summed E-state index contributed by atoms with van der Waals surface area (Å²) in [7, 11) is 0. The van der Waals surface area contributed by atoms with Crippen molar-refractivity contribution >= 4 is 23.5 Å². The molecule has 8 nitrogen and oxygen atoms in total. The third kappa shape index (κ3) is 7.07. The zero-order chi connectivity index (χ0) is 23.0. The normalized spacial score (nSPS) is 11.8. The lowest BCUT2D eigenvalue weighted by Gasteiger charge is -2.14. The Labute approximate surface area is 174 Å². The first-order chi connectivity index (χ1) is 14.6. The van der Waals surface area contributed by atoms with Crippen molar-refractivity contribution in [2.24, 2.45) is 0 Å². The van der Waals surface area contributed by atoms with Gasteiger partial charge in [-0.2, -0.15) is 13.2 Å². The number of amides is 2. The van der Waals surface area contributed by atoms with Crippen molar-refractivity contribution < 1.29 is 37.8 Å². The molecule has 0 spiro atoms. The highest BCUT2D eigenvalue weighted by atomic mass is 19.4. The first-order valence-corrected chi connectivity index (χ1v) is 8.77. The number of carboxylic acids is 1. The van der Waals surface area contributed by atoms with Crippen molar-refractivity contribution in [2.75, 3.05) is 11.9 Å². The molecule has 0 saturated heterocycles. The topological polar surface area (TPSA) is 128 Å². The Kier molecular flexibility index (Phi) is 7.61. The molecule has 2 aromatic carbocycles. The van der Waals surface area contributed by atoms with Crippen molar-refractivity contribution in [1.82, 2.24) is 10.6 Å². The van der Waals surface area contributed by atoms with Gasteiger partial charge in [0.1, 0.15) is 6.54 Å². The van der Waals surface area contributed by atoms with Gasteiger partial charge in [0.25, 0.3) is 11.8 Å². The second kappa shape index (κ2) is 10.1. The number of aliphatic carboxylic acids is 1. The highest BCUT2D eigenvalue weighted by Crippen LogP contribution is 2.30. The first kappa shape index (κ1) is 23.3. The van der Waals surface area contributed by atoms with Crippen LogP contribution < -0.4 is 16.0 Å². The number of alkyl halides is 3. The molecule has 0 atom stereocenters. The molecule has 0 heterocycles. The molecule has 0 aliphatic rings. The summed E-state index contributed by atoms with van der Waals surface area (Å²) in [5.74, 6) is -4.75. The Morgan fingerprint density at radius 2 is 1.52 bits per heavy atom. The molecule has 2 amide bonds. The smallest absolute Gasteiger partial charge is 0.416 e. The van der Waals surface area contributed by atoms with Gasteiger partial charge in [0.05, 0.1) is 5.56 Å². The van der Waals surface area contributed by atoms with Crippen LogP contribution in [0.1, 0.15) is 11.1 Å². The van der Waals surface area contributed by atoms with Gasteiger partial charge in [0, 0.05) is 12.2 Å². The number of aliphatic hydroxyl groups is 1. The summed E-state index contributed by atoms with van der Waals surface area (Å²) >= 11 is 0. The van der Waals surface area contributed by atoms with Crippen LogP contribution in [0, 0.1) is 0 Å². The minimum atomic E-state index is -4.65. The predicted octanol–water partition coefficient (Wildman–Crippen LogP) is 2.40. The molecule has 0 fully saturated rings. The van der Waals surface area contributed by atoms with Crippen LogP contribution in [-0.2, 0) is 27.1 Å². The Bertz CT molecular complexity index is 991. The van der Waals surface area contributed by atoms with Gasteiger partial charge in [-0.1, -0.05) is 36.4 Å². The molecule has 2 aromatic rings. The van der Waals surface area contributed by atoms with Crippen LogP contribution in [-0.4, -0.2) is 34.5 Å². The standard InChI is InChI=1S/C20H18F3N3O5/c21-20(22,23)13-7-4-8-14(9-13)26-19(31)16(18(30)25-11-15(27)28)17(29)24-10-12-5-2-1-3-6-12/h1-9,26,31H,10-11H2,(H,24,29)(H,25,30)(H,27,28)/b19-16-. The van der Waals surface area contributed by atoms with Gasteiger partial charge in [-0.15, -0.1) is 0 Å². The zero-order valence-electron chi connectivity index (χ0n) is 15.9. The summed E-state index contributed by atoms with van der Waals surface area (Å²) in [6, 6.07) is 12.3. The number of carbonyl (C=O) groups is 3. The van der Waals surface area contributed by atoms with E-state index in [-0.39, 0.29) is 12.2 Å². The van der Waals surface area contributed by atoms with Crippen molar-refractivity contribution in [1.29, 1.82) is 0 Å². The number of hydrogen-bond donors (Lipinski definition) is 5. The van der Waals surface area contributed by atoms with Gasteiger partial charge in [-0.25, -0.2) is 0 Å². The van der Waals surface area contributed by atoms with Gasteiger partial charge in [0.15, 0.2) is 5.57 Å². The lowest BCUT2D eigenvalue weighted by Crippen LogP contribution is -2.38. The van der Waals surface area contributed by atoms with Crippen LogP contribution in [0.3, 0.4) is 0 Å². The second-order valence-electron chi connectivity index (χ2n) is 6.17. The van der Waals surface area contributed by atoms with Gasteiger partial charge >= 0.3 is 12.1 Å². The zero-order valence-corrected chi connectivity index (χ0v) is 15.9. The highest BCUT2D eigenvalue weighted by molar-refractivity contribution is 6.19. The minimum Gasteiger partial charge on any atom is -0.494 e. The maximum Gasteiger partial charge on any atom is 0.416 e. The van der Waals surface area contributed by atoms with Crippen LogP contribution in [0.25, 0.3) is 0 Å². The van der Waals surface area contributed by atoms with E-state index in [4.69, 9.17) is 5.11 Å². The maximum atomic E-state index is 12.9. The number of nitrogens with one attached hydrogen (secondary N) is 3. The van der Waals surface area contributed by atoms with Crippen molar-refractivity contribution in [3.63, 3.8) is 0 Å². The first-order valence-electron chi connectivity index (χ1n) is 8.77. The van der Waals surface area contributed by atoms with Crippen molar-refractivity contribution in [3.05, 3.63) is 77.2 Å². The van der Waals surface area contributed by atoms with Crippen LogP contribution in [0.15, 0.2) is 66.1 Å². The van der Waals surface area contributed by atoms with E-state index in [1.165, 1.54) is 6.07 Å². The molecule has 0 unspecified atom stereocenters. The van der Waals surface area contributed by atoms with Crippen LogP contribution in [0.5, 0.6) is 0 Å². The molecule has 2 rings (SSSR count). The molecular weight excluding hydrogens is 419 g/mol. The minimum absolute atomic E-state index is 0.0216. The van der Waals surface area contributed by atoms with E-state index in [0.717, 1.165) is 12.1 Å². The summed E-state index contributed by atoms with van der Waals surface area (Å²) in [5, 5.41) is 25.5. The van der Waals surface area contributed by atoms with Gasteiger partial charge in [-0.3, -0.25) is 14.4 Å². The number of hydrogen-bond acceptors (Lipinski definition) is 5. The average Bonchev–Trinajstić information content (AvgIpc) is 2.71. The molecule has 0 radical (unpaired) electrons. The number of carboxylic acid groups (broad SMARTS) is 1. The third-order valence-corrected chi connectivity index (χ3v) is 3.84. The van der Waals surface area contributed by atoms with Crippen molar-refractivity contribution in [3.8, 4) is 0 Å². The number of carbonyl (C=O) groups excluding carboxylic acids is 2. The fourth-order valence-electron chi connectivity index (χ4n) is 2.40. The van der Waals surface area contributed by atoms with E-state index in [1.807, 2.05) is 5.32 Å². The summed E-state index contributed by atoms with van der Waals surface area (Å²) in [4.78, 5) is 35.5. The maximum absolute atomic E-state index is 12.9. The van der Waals surface area contributed by atoms with E-state index in [1.54, 1.807) is 30.3 Å². The molecule has 31 heavy (non-hydrogen) atoms. The monoisotopic (exact) mass is 437 g/mol. The average molecular weight is 437 g/mol. The number of halogens is 3. The molecule has 0 bridgehead atoms. The van der Waals surface area contributed by atoms with Crippen LogP contribution in [0.2, 0.25) is 0 Å². The van der Waals surface area contributed by atoms with Crippen LogP contribution >= 0.6 is 0 Å². The number of rotatable bonds is 8. The number of anilines is 1. The van der Waals surface area contributed by atoms with Gasteiger partial charge in [-0.05, 0) is 23.8 Å². The Hall–Kier alpha value is -4.02. The molecule has 0 saturated carbocycles. The Balaban J connectivity index is 2.28. The van der Waals surface area contributed by atoms with Crippen molar-refractivity contribution in [2.45, 2.75) is 12.7 Å². The van der Waals surface area contributed by atoms with E-state index >= 15 is 0 Å². The number of aliphatic hydroxyl groups excluding tert-OH is 1. The lowest BCUT2D eigenvalue weighted by molar-refractivity contribution is -0.138. The largest absolute Gasteiger partial charge is 0.494 e. The van der Waals surface area contributed by atoms with E-state index in [2.05, 4.69) is 10.6 Å². The molecule has 5 N–H and O–H groups in total. The van der Waals surface area contributed by atoms with Gasteiger partial charge < -0.3 is 26.2 Å². The number of benzene rings is 2. The fraction of sp³-hybridized carbons (Fsp3) is 0.150. The van der Waals surface area contributed by atoms with E-state index < -0.39 is 47.5 Å². The summed E-state index contributed by atoms with van der Waals surface area (Å²) < 4.78 is 38.6.